The Kier molecular flexibility index (Phi) is 5.97. The zero-order chi connectivity index (χ0) is 21.0. The summed E-state index contributed by atoms with van der Waals surface area (Å²) in [6.45, 7) is 4.08. The molecule has 3 aliphatic rings. The van der Waals surface area contributed by atoms with Crippen LogP contribution in [0.2, 0.25) is 0 Å². The molecule has 3 saturated heterocycles. The van der Waals surface area contributed by atoms with E-state index in [4.69, 9.17) is 0 Å². The minimum atomic E-state index is 0.0889. The molecule has 3 aliphatic heterocycles. The van der Waals surface area contributed by atoms with Crippen LogP contribution in [0, 0.1) is 0 Å². The van der Waals surface area contributed by atoms with Crippen LogP contribution >= 0.6 is 11.8 Å². The second kappa shape index (κ2) is 9.18. The van der Waals surface area contributed by atoms with Crippen molar-refractivity contribution in [2.24, 2.45) is 0 Å². The average Bonchev–Trinajstić information content (AvgIpc) is 3.52. The molecule has 2 aromatic rings. The highest BCUT2D eigenvalue weighted by molar-refractivity contribution is 7.99. The second-order valence-corrected chi connectivity index (χ2v) is 9.17. The van der Waals surface area contributed by atoms with Crippen LogP contribution in [-0.4, -0.2) is 63.4 Å². The number of thioether (sulfide) groups is 1. The van der Waals surface area contributed by atoms with Gasteiger partial charge in [-0.2, -0.15) is 11.8 Å². The molecule has 0 N–H and O–H groups in total. The summed E-state index contributed by atoms with van der Waals surface area (Å²) in [5, 5.41) is 0. The van der Waals surface area contributed by atoms with Crippen molar-refractivity contribution in [3.05, 3.63) is 47.1 Å². The van der Waals surface area contributed by atoms with Crippen molar-refractivity contribution in [3.8, 4) is 0 Å². The Labute approximate surface area is 186 Å². The third-order valence-corrected chi connectivity index (χ3v) is 6.90. The van der Waals surface area contributed by atoms with Gasteiger partial charge in [0.25, 0.3) is 0 Å². The van der Waals surface area contributed by atoms with E-state index in [0.717, 1.165) is 60.3 Å². The monoisotopic (exact) mass is 434 g/mol. The predicted octanol–water partition coefficient (Wildman–Crippen LogP) is 3.25. The van der Waals surface area contributed by atoms with E-state index in [1.54, 1.807) is 11.8 Å². The molecule has 0 spiro atoms. The lowest BCUT2D eigenvalue weighted by Crippen LogP contribution is -2.20. The molecule has 0 aliphatic carbocycles. The highest BCUT2D eigenvalue weighted by Crippen LogP contribution is 2.27. The molecule has 8 heteroatoms. The van der Waals surface area contributed by atoms with E-state index in [0.29, 0.717) is 11.5 Å². The topological polar surface area (TPSA) is 75.1 Å². The van der Waals surface area contributed by atoms with Gasteiger partial charge in [0.05, 0.1) is 0 Å². The van der Waals surface area contributed by atoms with Crippen LogP contribution in [0.25, 0.3) is 12.2 Å². The SMILES string of the molecule is O=C1/C(=C/c2cnc(N3CCCC3)nc2)CSC/C1=C/c1cnc(N2CCCC2)nc1. The maximum Gasteiger partial charge on any atom is 0.225 e. The first-order chi connectivity index (χ1) is 15.3. The van der Waals surface area contributed by atoms with Crippen molar-refractivity contribution in [2.45, 2.75) is 25.7 Å². The van der Waals surface area contributed by atoms with E-state index in [2.05, 4.69) is 29.7 Å². The number of ketones is 1. The van der Waals surface area contributed by atoms with Gasteiger partial charge in [-0.25, -0.2) is 19.9 Å². The molecular weight excluding hydrogens is 408 g/mol. The number of hydrogen-bond donors (Lipinski definition) is 0. The normalized spacial score (nSPS) is 22.1. The fourth-order valence-electron chi connectivity index (χ4n) is 4.20. The maximum atomic E-state index is 13.0. The second-order valence-electron chi connectivity index (χ2n) is 8.18. The third-order valence-electron chi connectivity index (χ3n) is 5.87. The van der Waals surface area contributed by atoms with Crippen LogP contribution in [0.5, 0.6) is 0 Å². The molecule has 31 heavy (non-hydrogen) atoms. The molecule has 160 valence electrons. The molecule has 0 unspecified atom stereocenters. The van der Waals surface area contributed by atoms with Crippen LogP contribution < -0.4 is 9.80 Å². The third kappa shape index (κ3) is 4.63. The largest absolute Gasteiger partial charge is 0.341 e. The zero-order valence-electron chi connectivity index (χ0n) is 17.5. The lowest BCUT2D eigenvalue weighted by atomic mass is 10.0. The minimum absolute atomic E-state index is 0.0889. The number of rotatable bonds is 4. The summed E-state index contributed by atoms with van der Waals surface area (Å²) in [4.78, 5) is 35.4. The van der Waals surface area contributed by atoms with Crippen molar-refractivity contribution in [1.29, 1.82) is 0 Å². The van der Waals surface area contributed by atoms with E-state index in [1.807, 2.05) is 36.9 Å². The van der Waals surface area contributed by atoms with E-state index >= 15 is 0 Å². The molecule has 0 bridgehead atoms. The average molecular weight is 435 g/mol. The van der Waals surface area contributed by atoms with E-state index in [1.165, 1.54) is 25.7 Å². The first kappa shape index (κ1) is 20.2. The van der Waals surface area contributed by atoms with Gasteiger partial charge in [-0.05, 0) is 37.8 Å². The molecule has 3 fully saturated rings. The van der Waals surface area contributed by atoms with Crippen molar-refractivity contribution in [1.82, 2.24) is 19.9 Å². The Morgan fingerprint density at radius 2 is 1.06 bits per heavy atom. The molecule has 2 aromatic heterocycles. The van der Waals surface area contributed by atoms with Gasteiger partial charge in [-0.1, -0.05) is 0 Å². The Morgan fingerprint density at radius 3 is 1.45 bits per heavy atom. The van der Waals surface area contributed by atoms with Crippen molar-refractivity contribution >= 4 is 41.6 Å². The Bertz CT molecular complexity index is 910. The van der Waals surface area contributed by atoms with Crippen LogP contribution in [0.3, 0.4) is 0 Å². The number of anilines is 2. The van der Waals surface area contributed by atoms with Gasteiger partial charge < -0.3 is 9.80 Å². The lowest BCUT2D eigenvalue weighted by molar-refractivity contribution is -0.112. The molecule has 0 atom stereocenters. The molecule has 5 rings (SSSR count). The fourth-order valence-corrected chi connectivity index (χ4v) is 5.17. The van der Waals surface area contributed by atoms with E-state index in [9.17, 15) is 4.79 Å². The summed E-state index contributed by atoms with van der Waals surface area (Å²) in [5.74, 6) is 3.05. The first-order valence-electron chi connectivity index (χ1n) is 10.9. The quantitative estimate of drug-likeness (QED) is 0.679. The minimum Gasteiger partial charge on any atom is -0.341 e. The van der Waals surface area contributed by atoms with Gasteiger partial charge in [-0.15, -0.1) is 0 Å². The molecule has 0 saturated carbocycles. The summed E-state index contributed by atoms with van der Waals surface area (Å²) in [5.41, 5.74) is 3.31. The summed E-state index contributed by atoms with van der Waals surface area (Å²) >= 11 is 1.74. The molecular formula is C23H26N6OS. The van der Waals surface area contributed by atoms with Gasteiger partial charge in [-0.3, -0.25) is 4.79 Å². The van der Waals surface area contributed by atoms with Gasteiger partial charge in [0, 0.05) is 84.7 Å². The highest BCUT2D eigenvalue weighted by Gasteiger charge is 2.22. The number of Topliss-reactive ketones (excluding diaryl/α,β-unsaturated/α-hetero) is 1. The number of nitrogens with zero attached hydrogens (tertiary/aromatic N) is 6. The smallest absolute Gasteiger partial charge is 0.225 e. The first-order valence-corrected chi connectivity index (χ1v) is 12.1. The van der Waals surface area contributed by atoms with Crippen LogP contribution in [0.4, 0.5) is 11.9 Å². The van der Waals surface area contributed by atoms with Crippen LogP contribution in [-0.2, 0) is 4.79 Å². The van der Waals surface area contributed by atoms with Crippen molar-refractivity contribution in [3.63, 3.8) is 0 Å². The molecule has 5 heterocycles. The maximum absolute atomic E-state index is 13.0. The summed E-state index contributed by atoms with van der Waals surface area (Å²) < 4.78 is 0. The molecule has 0 radical (unpaired) electrons. The van der Waals surface area contributed by atoms with Crippen molar-refractivity contribution in [2.75, 3.05) is 47.5 Å². The number of aromatic nitrogens is 4. The predicted molar refractivity (Wildman–Crippen MR) is 125 cm³/mol. The number of carbonyl (C=O) groups is 1. The van der Waals surface area contributed by atoms with E-state index in [-0.39, 0.29) is 5.78 Å². The standard InChI is InChI=1S/C23H26N6OS/c30-21-19(9-17-11-24-22(25-12-17)28-5-1-2-6-28)15-31-16-20(21)10-18-13-26-23(27-14-18)29-7-3-4-8-29/h9-14H,1-8,15-16H2/b19-9-,20-10+. The number of hydrogen-bond acceptors (Lipinski definition) is 8. The molecule has 0 amide bonds. The van der Waals surface area contributed by atoms with Gasteiger partial charge in [0.2, 0.25) is 11.9 Å². The van der Waals surface area contributed by atoms with Crippen molar-refractivity contribution < 1.29 is 4.79 Å². The van der Waals surface area contributed by atoms with E-state index < -0.39 is 0 Å². The fraction of sp³-hybridized carbons (Fsp3) is 0.435. The zero-order valence-corrected chi connectivity index (χ0v) is 18.4. The Hall–Kier alpha value is -2.74. The Morgan fingerprint density at radius 1 is 0.677 bits per heavy atom. The molecule has 0 aromatic carbocycles. The van der Waals surface area contributed by atoms with Crippen LogP contribution in [0.15, 0.2) is 35.9 Å². The summed E-state index contributed by atoms with van der Waals surface area (Å²) in [6, 6.07) is 0. The van der Waals surface area contributed by atoms with Gasteiger partial charge in [0.15, 0.2) is 5.78 Å². The van der Waals surface area contributed by atoms with Gasteiger partial charge >= 0.3 is 0 Å². The number of carbonyl (C=O) groups excluding carboxylic acids is 1. The summed E-state index contributed by atoms with van der Waals surface area (Å²) in [7, 11) is 0. The van der Waals surface area contributed by atoms with Gasteiger partial charge in [0.1, 0.15) is 0 Å². The van der Waals surface area contributed by atoms with Crippen LogP contribution in [0.1, 0.15) is 36.8 Å². The Balaban J connectivity index is 1.30. The lowest BCUT2D eigenvalue weighted by Gasteiger charge is -2.17. The summed E-state index contributed by atoms with van der Waals surface area (Å²) in [6.07, 6.45) is 15.9. The highest BCUT2D eigenvalue weighted by atomic mass is 32.2. The molecule has 7 nitrogen and oxygen atoms in total.